The van der Waals surface area contributed by atoms with Crippen LogP contribution >= 0.6 is 0 Å². The van der Waals surface area contributed by atoms with Gasteiger partial charge in [0.05, 0.1) is 18.8 Å². The van der Waals surface area contributed by atoms with Gasteiger partial charge >= 0.3 is 0 Å². The highest BCUT2D eigenvalue weighted by Gasteiger charge is 2.10. The van der Waals surface area contributed by atoms with Crippen LogP contribution in [-0.2, 0) is 6.54 Å². The number of rotatable bonds is 3. The lowest BCUT2D eigenvalue weighted by Crippen LogP contribution is -2.12. The molecule has 0 bridgehead atoms. The van der Waals surface area contributed by atoms with Gasteiger partial charge in [0, 0.05) is 0 Å². The number of nitrogens with two attached hydrogens (primary N) is 1. The van der Waals surface area contributed by atoms with E-state index in [-0.39, 0.29) is 12.3 Å². The van der Waals surface area contributed by atoms with Crippen molar-refractivity contribution in [2.24, 2.45) is 0 Å². The Morgan fingerprint density at radius 1 is 1.38 bits per heavy atom. The van der Waals surface area contributed by atoms with E-state index in [2.05, 4.69) is 5.10 Å². The topological polar surface area (TPSA) is 84.3 Å². The van der Waals surface area contributed by atoms with Crippen molar-refractivity contribution in [3.8, 4) is 5.75 Å². The molecule has 0 fully saturated rings. The average Bonchev–Trinajstić information content (AvgIpc) is 2.64. The number of aliphatic hydroxyl groups excluding tert-OH is 1. The molecular weight excluding hydrogens is 206 g/mol. The summed E-state index contributed by atoms with van der Waals surface area (Å²) in [6.45, 7) is 0.266. The molecule has 1 unspecified atom stereocenters. The molecule has 0 aliphatic carbocycles. The third kappa shape index (κ3) is 2.14. The van der Waals surface area contributed by atoms with Gasteiger partial charge in [-0.3, -0.25) is 0 Å². The first-order chi connectivity index (χ1) is 7.66. The summed E-state index contributed by atoms with van der Waals surface area (Å²) in [7, 11) is 0. The van der Waals surface area contributed by atoms with Crippen molar-refractivity contribution in [1.82, 2.24) is 9.78 Å². The smallest absolute Gasteiger partial charge is 0.121 e. The van der Waals surface area contributed by atoms with E-state index < -0.39 is 6.10 Å². The van der Waals surface area contributed by atoms with Gasteiger partial charge in [-0.05, 0) is 23.8 Å². The van der Waals surface area contributed by atoms with E-state index in [1.807, 2.05) is 0 Å². The number of benzene rings is 1. The molecule has 1 aromatic heterocycles. The molecule has 1 atom stereocenters. The number of phenols is 1. The minimum absolute atomic E-state index is 0.130. The van der Waals surface area contributed by atoms with Gasteiger partial charge in [-0.2, -0.15) is 5.10 Å². The lowest BCUT2D eigenvalue weighted by Gasteiger charge is -2.12. The molecule has 0 aliphatic heterocycles. The fourth-order valence-electron chi connectivity index (χ4n) is 1.50. The summed E-state index contributed by atoms with van der Waals surface area (Å²) in [6, 6.07) is 8.16. The molecule has 0 aliphatic rings. The summed E-state index contributed by atoms with van der Waals surface area (Å²) in [6.07, 6.45) is 0.833. The minimum Gasteiger partial charge on any atom is -0.508 e. The van der Waals surface area contributed by atoms with E-state index in [0.717, 1.165) is 0 Å². The van der Waals surface area contributed by atoms with Gasteiger partial charge in [0.25, 0.3) is 0 Å². The van der Waals surface area contributed by atoms with E-state index in [9.17, 15) is 10.2 Å². The summed E-state index contributed by atoms with van der Waals surface area (Å²) >= 11 is 0. The van der Waals surface area contributed by atoms with Crippen molar-refractivity contribution in [3.05, 3.63) is 42.1 Å². The summed E-state index contributed by atoms with van der Waals surface area (Å²) in [5.41, 5.74) is 6.27. The van der Waals surface area contributed by atoms with Crippen LogP contribution in [0.2, 0.25) is 0 Å². The maximum absolute atomic E-state index is 9.91. The Morgan fingerprint density at radius 3 is 2.81 bits per heavy atom. The normalized spacial score (nSPS) is 12.6. The van der Waals surface area contributed by atoms with Crippen molar-refractivity contribution in [2.45, 2.75) is 12.6 Å². The van der Waals surface area contributed by atoms with Crippen molar-refractivity contribution in [1.29, 1.82) is 0 Å². The van der Waals surface area contributed by atoms with E-state index in [0.29, 0.717) is 11.4 Å². The lowest BCUT2D eigenvalue weighted by molar-refractivity contribution is 0.152. The van der Waals surface area contributed by atoms with Crippen LogP contribution in [0.4, 0.5) is 5.82 Å². The molecule has 4 N–H and O–H groups in total. The van der Waals surface area contributed by atoms with Gasteiger partial charge < -0.3 is 15.9 Å². The summed E-state index contributed by atoms with van der Waals surface area (Å²) in [4.78, 5) is 0. The summed E-state index contributed by atoms with van der Waals surface area (Å²) in [5.74, 6) is 0.629. The van der Waals surface area contributed by atoms with Crippen LogP contribution in [0.3, 0.4) is 0 Å². The molecule has 5 nitrogen and oxygen atoms in total. The first-order valence-electron chi connectivity index (χ1n) is 4.91. The van der Waals surface area contributed by atoms with Crippen molar-refractivity contribution < 1.29 is 10.2 Å². The second-order valence-corrected chi connectivity index (χ2v) is 3.55. The SMILES string of the molecule is Nc1ccnn1CC(O)c1cccc(O)c1. The Kier molecular flexibility index (Phi) is 2.78. The van der Waals surface area contributed by atoms with E-state index in [4.69, 9.17) is 5.73 Å². The van der Waals surface area contributed by atoms with Crippen molar-refractivity contribution in [2.75, 3.05) is 5.73 Å². The molecule has 0 spiro atoms. The second kappa shape index (κ2) is 4.24. The molecule has 16 heavy (non-hydrogen) atoms. The molecule has 0 saturated heterocycles. The first-order valence-corrected chi connectivity index (χ1v) is 4.91. The predicted octanol–water partition coefficient (Wildman–Crippen LogP) is 0.904. The maximum atomic E-state index is 9.91. The highest BCUT2D eigenvalue weighted by Crippen LogP contribution is 2.20. The quantitative estimate of drug-likeness (QED) is 0.716. The first kappa shape index (κ1) is 10.5. The van der Waals surface area contributed by atoms with Gasteiger partial charge in [-0.25, -0.2) is 4.68 Å². The van der Waals surface area contributed by atoms with E-state index in [1.165, 1.54) is 10.7 Å². The Morgan fingerprint density at radius 2 is 2.19 bits per heavy atom. The predicted molar refractivity (Wildman–Crippen MR) is 59.7 cm³/mol. The fourth-order valence-corrected chi connectivity index (χ4v) is 1.50. The lowest BCUT2D eigenvalue weighted by atomic mass is 10.1. The summed E-state index contributed by atoms with van der Waals surface area (Å²) < 4.78 is 1.51. The number of hydrogen-bond donors (Lipinski definition) is 3. The number of aromatic nitrogens is 2. The monoisotopic (exact) mass is 219 g/mol. The molecule has 1 aromatic carbocycles. The van der Waals surface area contributed by atoms with Gasteiger partial charge in [0.15, 0.2) is 0 Å². The molecule has 0 saturated carbocycles. The van der Waals surface area contributed by atoms with Crippen molar-refractivity contribution in [3.63, 3.8) is 0 Å². The highest BCUT2D eigenvalue weighted by molar-refractivity contribution is 5.30. The van der Waals surface area contributed by atoms with E-state index >= 15 is 0 Å². The van der Waals surface area contributed by atoms with Crippen molar-refractivity contribution >= 4 is 5.82 Å². The molecule has 84 valence electrons. The third-order valence-electron chi connectivity index (χ3n) is 2.35. The van der Waals surface area contributed by atoms with Crippen LogP contribution in [-0.4, -0.2) is 20.0 Å². The minimum atomic E-state index is -0.741. The Bertz CT molecular complexity index is 482. The summed E-state index contributed by atoms with van der Waals surface area (Å²) in [5, 5.41) is 23.2. The number of aliphatic hydroxyl groups is 1. The third-order valence-corrected chi connectivity index (χ3v) is 2.35. The van der Waals surface area contributed by atoms with E-state index in [1.54, 1.807) is 30.5 Å². The molecule has 5 heteroatoms. The molecular formula is C11H13N3O2. The zero-order chi connectivity index (χ0) is 11.5. The molecule has 0 radical (unpaired) electrons. The average molecular weight is 219 g/mol. The standard InChI is InChI=1S/C11H13N3O2/c12-11-4-5-13-14(11)7-10(16)8-2-1-3-9(15)6-8/h1-6,10,15-16H,7,12H2. The zero-order valence-corrected chi connectivity index (χ0v) is 8.61. The van der Waals surface area contributed by atoms with Crippen LogP contribution in [0.1, 0.15) is 11.7 Å². The number of phenolic OH excluding ortho intramolecular Hbond substituents is 1. The Hall–Kier alpha value is -2.01. The van der Waals surface area contributed by atoms with Crippen LogP contribution < -0.4 is 5.73 Å². The second-order valence-electron chi connectivity index (χ2n) is 3.55. The van der Waals surface area contributed by atoms with Crippen LogP contribution in [0.15, 0.2) is 36.5 Å². The molecule has 1 heterocycles. The number of aromatic hydroxyl groups is 1. The van der Waals surface area contributed by atoms with Gasteiger partial charge in [-0.1, -0.05) is 12.1 Å². The Labute approximate surface area is 92.8 Å². The fraction of sp³-hybridized carbons (Fsp3) is 0.182. The zero-order valence-electron chi connectivity index (χ0n) is 8.61. The Balaban J connectivity index is 2.14. The van der Waals surface area contributed by atoms with Gasteiger partial charge in [-0.15, -0.1) is 0 Å². The maximum Gasteiger partial charge on any atom is 0.121 e. The van der Waals surface area contributed by atoms with Gasteiger partial charge in [0.2, 0.25) is 0 Å². The number of hydrogen-bond acceptors (Lipinski definition) is 4. The van der Waals surface area contributed by atoms with Crippen LogP contribution in [0.5, 0.6) is 5.75 Å². The van der Waals surface area contributed by atoms with Gasteiger partial charge in [0.1, 0.15) is 11.6 Å². The van der Waals surface area contributed by atoms with Crippen LogP contribution in [0, 0.1) is 0 Å². The number of nitrogen functional groups attached to an aromatic ring is 1. The largest absolute Gasteiger partial charge is 0.508 e. The molecule has 2 rings (SSSR count). The number of nitrogens with zero attached hydrogens (tertiary/aromatic N) is 2. The molecule has 2 aromatic rings. The van der Waals surface area contributed by atoms with Crippen LogP contribution in [0.25, 0.3) is 0 Å². The number of anilines is 1. The molecule has 0 amide bonds. The highest BCUT2D eigenvalue weighted by atomic mass is 16.3.